The van der Waals surface area contributed by atoms with E-state index in [0.717, 1.165) is 10.4 Å². The minimum atomic E-state index is -0.669. The van der Waals surface area contributed by atoms with Crippen LogP contribution in [-0.2, 0) is 0 Å². The van der Waals surface area contributed by atoms with Crippen LogP contribution in [0.2, 0.25) is 0 Å². The summed E-state index contributed by atoms with van der Waals surface area (Å²) in [6.07, 6.45) is -0.669. The van der Waals surface area contributed by atoms with Crippen LogP contribution in [0.15, 0.2) is 35.7 Å². The summed E-state index contributed by atoms with van der Waals surface area (Å²) < 4.78 is 5.04. The summed E-state index contributed by atoms with van der Waals surface area (Å²) in [5, 5.41) is 14.7. The Labute approximate surface area is 122 Å². The normalized spacial score (nSPS) is 11.9. The average Bonchev–Trinajstić information content (AvgIpc) is 2.90. The van der Waals surface area contributed by atoms with E-state index in [2.05, 4.69) is 5.32 Å². The van der Waals surface area contributed by atoms with E-state index in [-0.39, 0.29) is 12.5 Å². The van der Waals surface area contributed by atoms with Crippen LogP contribution in [0.5, 0.6) is 5.75 Å². The lowest BCUT2D eigenvalue weighted by atomic mass is 10.2. The third-order valence-electron chi connectivity index (χ3n) is 3.01. The van der Waals surface area contributed by atoms with Gasteiger partial charge in [-0.15, -0.1) is 11.3 Å². The van der Waals surface area contributed by atoms with E-state index in [0.29, 0.717) is 11.3 Å². The number of benzene rings is 1. The number of ether oxygens (including phenoxy) is 1. The highest BCUT2D eigenvalue weighted by Gasteiger charge is 2.13. The molecule has 1 unspecified atom stereocenters. The third-order valence-corrected chi connectivity index (χ3v) is 4.13. The van der Waals surface area contributed by atoms with Gasteiger partial charge in [-0.25, -0.2) is 0 Å². The van der Waals surface area contributed by atoms with E-state index in [1.165, 1.54) is 11.3 Å². The molecule has 0 aliphatic carbocycles. The first kappa shape index (κ1) is 14.6. The second kappa shape index (κ2) is 6.54. The number of carbonyl (C=O) groups is 1. The summed E-state index contributed by atoms with van der Waals surface area (Å²) in [5.41, 5.74) is 1.59. The van der Waals surface area contributed by atoms with Crippen LogP contribution in [0.4, 0.5) is 0 Å². The molecule has 20 heavy (non-hydrogen) atoms. The molecule has 106 valence electrons. The Morgan fingerprint density at radius 3 is 2.60 bits per heavy atom. The van der Waals surface area contributed by atoms with Gasteiger partial charge in [-0.2, -0.15) is 0 Å². The zero-order valence-electron chi connectivity index (χ0n) is 11.4. The van der Waals surface area contributed by atoms with E-state index >= 15 is 0 Å². The van der Waals surface area contributed by atoms with Crippen molar-refractivity contribution in [2.75, 3.05) is 13.7 Å². The lowest BCUT2D eigenvalue weighted by Crippen LogP contribution is -2.28. The van der Waals surface area contributed by atoms with Crippen molar-refractivity contribution in [2.24, 2.45) is 0 Å². The number of aryl methyl sites for hydroxylation is 1. The summed E-state index contributed by atoms with van der Waals surface area (Å²) in [5.74, 6) is 0.497. The number of amides is 1. The fraction of sp³-hybridized carbons (Fsp3) is 0.267. The standard InChI is InChI=1S/C15H17NO3S/c1-10-7-8-20-14(10)13(17)9-16-15(18)11-3-5-12(19-2)6-4-11/h3-8,13,17H,9H2,1-2H3,(H,16,18). The average molecular weight is 291 g/mol. The molecule has 1 heterocycles. The molecule has 4 nitrogen and oxygen atoms in total. The monoisotopic (exact) mass is 291 g/mol. The maximum atomic E-state index is 11.9. The Hall–Kier alpha value is -1.85. The van der Waals surface area contributed by atoms with Crippen LogP contribution in [0.25, 0.3) is 0 Å². The SMILES string of the molecule is COc1ccc(C(=O)NCC(O)c2sccc2C)cc1. The summed E-state index contributed by atoms with van der Waals surface area (Å²) in [6.45, 7) is 2.15. The first-order chi connectivity index (χ1) is 9.61. The van der Waals surface area contributed by atoms with E-state index in [9.17, 15) is 9.90 Å². The van der Waals surface area contributed by atoms with Gasteiger partial charge in [-0.05, 0) is 48.2 Å². The highest BCUT2D eigenvalue weighted by molar-refractivity contribution is 7.10. The molecule has 0 aliphatic rings. The number of thiophene rings is 1. The molecule has 2 N–H and O–H groups in total. The summed E-state index contributed by atoms with van der Waals surface area (Å²) >= 11 is 1.49. The number of nitrogens with one attached hydrogen (secondary N) is 1. The minimum absolute atomic E-state index is 0.201. The minimum Gasteiger partial charge on any atom is -0.497 e. The molecular formula is C15H17NO3S. The van der Waals surface area contributed by atoms with Crippen molar-refractivity contribution in [3.05, 3.63) is 51.7 Å². The lowest BCUT2D eigenvalue weighted by molar-refractivity contribution is 0.0917. The molecular weight excluding hydrogens is 274 g/mol. The second-order valence-electron chi connectivity index (χ2n) is 4.42. The van der Waals surface area contributed by atoms with Crippen LogP contribution in [0.3, 0.4) is 0 Å². The van der Waals surface area contributed by atoms with Gasteiger partial charge in [0.05, 0.1) is 7.11 Å². The molecule has 1 atom stereocenters. The molecule has 0 spiro atoms. The highest BCUT2D eigenvalue weighted by atomic mass is 32.1. The molecule has 0 saturated carbocycles. The van der Waals surface area contributed by atoms with Crippen molar-refractivity contribution < 1.29 is 14.6 Å². The van der Waals surface area contributed by atoms with Crippen LogP contribution < -0.4 is 10.1 Å². The van der Waals surface area contributed by atoms with E-state index in [1.54, 1.807) is 31.4 Å². The van der Waals surface area contributed by atoms with Crippen molar-refractivity contribution in [1.82, 2.24) is 5.32 Å². The van der Waals surface area contributed by atoms with Crippen molar-refractivity contribution in [1.29, 1.82) is 0 Å². The molecule has 0 radical (unpaired) electrons. The predicted molar refractivity (Wildman–Crippen MR) is 79.3 cm³/mol. The molecule has 1 aromatic carbocycles. The van der Waals surface area contributed by atoms with Gasteiger partial charge >= 0.3 is 0 Å². The maximum Gasteiger partial charge on any atom is 0.251 e. The second-order valence-corrected chi connectivity index (χ2v) is 5.37. The molecule has 0 saturated heterocycles. The molecule has 2 aromatic rings. The first-order valence-corrected chi connectivity index (χ1v) is 7.14. The van der Waals surface area contributed by atoms with Gasteiger partial charge in [0, 0.05) is 17.0 Å². The van der Waals surface area contributed by atoms with Crippen LogP contribution in [0.1, 0.15) is 26.9 Å². The number of hydrogen-bond acceptors (Lipinski definition) is 4. The molecule has 0 bridgehead atoms. The zero-order valence-corrected chi connectivity index (χ0v) is 12.2. The fourth-order valence-corrected chi connectivity index (χ4v) is 2.77. The largest absolute Gasteiger partial charge is 0.497 e. The van der Waals surface area contributed by atoms with Gasteiger partial charge in [-0.3, -0.25) is 4.79 Å². The van der Waals surface area contributed by atoms with Gasteiger partial charge in [0.25, 0.3) is 5.91 Å². The fourth-order valence-electron chi connectivity index (χ4n) is 1.85. The molecule has 1 aromatic heterocycles. The van der Waals surface area contributed by atoms with Crippen LogP contribution in [-0.4, -0.2) is 24.7 Å². The van der Waals surface area contributed by atoms with Crippen LogP contribution in [0, 0.1) is 6.92 Å². The Bertz CT molecular complexity index is 577. The molecule has 5 heteroatoms. The van der Waals surface area contributed by atoms with Gasteiger partial charge in [0.1, 0.15) is 11.9 Å². The molecule has 0 fully saturated rings. The number of carbonyl (C=O) groups excluding carboxylic acids is 1. The van der Waals surface area contributed by atoms with Crippen molar-refractivity contribution in [2.45, 2.75) is 13.0 Å². The van der Waals surface area contributed by atoms with Gasteiger partial charge < -0.3 is 15.2 Å². The quantitative estimate of drug-likeness (QED) is 0.890. The lowest BCUT2D eigenvalue weighted by Gasteiger charge is -2.11. The smallest absolute Gasteiger partial charge is 0.251 e. The summed E-state index contributed by atoms with van der Waals surface area (Å²) in [4.78, 5) is 12.8. The Morgan fingerprint density at radius 1 is 1.35 bits per heavy atom. The first-order valence-electron chi connectivity index (χ1n) is 6.26. The molecule has 0 aliphatic heterocycles. The number of methoxy groups -OCH3 is 1. The predicted octanol–water partition coefficient (Wildman–Crippen LogP) is 2.53. The molecule has 1 amide bonds. The highest BCUT2D eigenvalue weighted by Crippen LogP contribution is 2.23. The third kappa shape index (κ3) is 3.37. The van der Waals surface area contributed by atoms with Crippen molar-refractivity contribution in [3.63, 3.8) is 0 Å². The van der Waals surface area contributed by atoms with E-state index < -0.39 is 6.10 Å². The number of aliphatic hydroxyl groups excluding tert-OH is 1. The number of aliphatic hydroxyl groups is 1. The Balaban J connectivity index is 1.93. The Morgan fingerprint density at radius 2 is 2.05 bits per heavy atom. The van der Waals surface area contributed by atoms with Gasteiger partial charge in [-0.1, -0.05) is 0 Å². The van der Waals surface area contributed by atoms with Gasteiger partial charge in [0.15, 0.2) is 0 Å². The van der Waals surface area contributed by atoms with Crippen molar-refractivity contribution in [3.8, 4) is 5.75 Å². The van der Waals surface area contributed by atoms with E-state index in [1.807, 2.05) is 18.4 Å². The van der Waals surface area contributed by atoms with Crippen molar-refractivity contribution >= 4 is 17.2 Å². The molecule has 2 rings (SSSR count). The van der Waals surface area contributed by atoms with Gasteiger partial charge in [0.2, 0.25) is 0 Å². The van der Waals surface area contributed by atoms with E-state index in [4.69, 9.17) is 4.74 Å². The van der Waals surface area contributed by atoms with Crippen LogP contribution >= 0.6 is 11.3 Å². The topological polar surface area (TPSA) is 58.6 Å². The Kier molecular flexibility index (Phi) is 4.76. The maximum absolute atomic E-state index is 11.9. The number of hydrogen-bond donors (Lipinski definition) is 2. The summed E-state index contributed by atoms with van der Waals surface area (Å²) in [6, 6.07) is 8.80. The zero-order chi connectivity index (χ0) is 14.5. The number of rotatable bonds is 5. The summed E-state index contributed by atoms with van der Waals surface area (Å²) in [7, 11) is 1.58.